The van der Waals surface area contributed by atoms with Crippen molar-refractivity contribution in [1.29, 1.82) is 0 Å². The lowest BCUT2D eigenvalue weighted by Crippen LogP contribution is -2.28. The number of hydrogen-bond acceptors (Lipinski definition) is 5. The lowest BCUT2D eigenvalue weighted by Gasteiger charge is -2.09. The Balaban J connectivity index is 2.47. The van der Waals surface area contributed by atoms with Crippen LogP contribution in [0.1, 0.15) is 0 Å². The number of hydrogen-bond donors (Lipinski definition) is 0. The molecule has 0 saturated heterocycles. The van der Waals surface area contributed by atoms with Gasteiger partial charge in [-0.1, -0.05) is 6.07 Å². The SMILES string of the molecule is O=S(=O)(Oc1cccc2ocnc12)C(F)(F)F. The quantitative estimate of drug-likeness (QED) is 0.615. The molecule has 2 aromatic rings. The van der Waals surface area contributed by atoms with E-state index in [0.29, 0.717) is 0 Å². The molecule has 0 spiro atoms. The van der Waals surface area contributed by atoms with E-state index in [2.05, 4.69) is 9.17 Å². The molecule has 0 bridgehead atoms. The molecule has 0 fully saturated rings. The largest absolute Gasteiger partial charge is 0.534 e. The molecule has 17 heavy (non-hydrogen) atoms. The Morgan fingerprint density at radius 2 is 2.00 bits per heavy atom. The Morgan fingerprint density at radius 1 is 1.29 bits per heavy atom. The Morgan fingerprint density at radius 3 is 2.65 bits per heavy atom. The predicted octanol–water partition coefficient (Wildman–Crippen LogP) is 2.06. The fraction of sp³-hybridized carbons (Fsp3) is 0.125. The molecule has 1 aromatic heterocycles. The molecule has 0 aliphatic carbocycles. The minimum absolute atomic E-state index is 0.0969. The Labute approximate surface area is 92.9 Å². The van der Waals surface area contributed by atoms with E-state index in [-0.39, 0.29) is 11.1 Å². The van der Waals surface area contributed by atoms with Crippen LogP contribution in [0.2, 0.25) is 0 Å². The number of nitrogens with zero attached hydrogens (tertiary/aromatic N) is 1. The highest BCUT2D eigenvalue weighted by atomic mass is 32.2. The van der Waals surface area contributed by atoms with Crippen molar-refractivity contribution in [1.82, 2.24) is 4.98 Å². The number of oxazole rings is 1. The van der Waals surface area contributed by atoms with Crippen LogP contribution in [0.4, 0.5) is 13.2 Å². The Kier molecular flexibility index (Phi) is 2.49. The molecule has 1 aromatic carbocycles. The molecular weight excluding hydrogens is 263 g/mol. The maximum atomic E-state index is 12.1. The third-order valence-electron chi connectivity index (χ3n) is 1.81. The van der Waals surface area contributed by atoms with Gasteiger partial charge in [-0.2, -0.15) is 21.6 Å². The average molecular weight is 267 g/mol. The second-order valence-corrected chi connectivity index (χ2v) is 4.48. The fourth-order valence-electron chi connectivity index (χ4n) is 1.09. The van der Waals surface area contributed by atoms with E-state index in [1.165, 1.54) is 12.1 Å². The van der Waals surface area contributed by atoms with Crippen molar-refractivity contribution in [2.45, 2.75) is 5.51 Å². The maximum absolute atomic E-state index is 12.1. The summed E-state index contributed by atoms with van der Waals surface area (Å²) in [6.45, 7) is 0. The van der Waals surface area contributed by atoms with E-state index < -0.39 is 21.4 Å². The zero-order valence-corrected chi connectivity index (χ0v) is 8.75. The minimum Gasteiger partial charge on any atom is -0.443 e. The highest BCUT2D eigenvalue weighted by Crippen LogP contribution is 2.30. The van der Waals surface area contributed by atoms with Crippen LogP contribution in [0.5, 0.6) is 5.75 Å². The number of rotatable bonds is 2. The van der Waals surface area contributed by atoms with Gasteiger partial charge in [0.15, 0.2) is 23.2 Å². The van der Waals surface area contributed by atoms with E-state index in [1.54, 1.807) is 0 Å². The van der Waals surface area contributed by atoms with Crippen molar-refractivity contribution < 1.29 is 30.2 Å². The highest BCUT2D eigenvalue weighted by molar-refractivity contribution is 7.88. The average Bonchev–Trinajstić information content (AvgIpc) is 2.64. The van der Waals surface area contributed by atoms with Crippen LogP contribution < -0.4 is 4.18 Å². The summed E-state index contributed by atoms with van der Waals surface area (Å²) in [7, 11) is -5.70. The molecule has 0 amide bonds. The molecule has 1 heterocycles. The first-order valence-corrected chi connectivity index (χ1v) is 5.55. The summed E-state index contributed by atoms with van der Waals surface area (Å²) in [5.41, 5.74) is -5.46. The van der Waals surface area contributed by atoms with Crippen LogP contribution in [0.15, 0.2) is 29.0 Å². The van der Waals surface area contributed by atoms with E-state index in [9.17, 15) is 21.6 Å². The first-order valence-electron chi connectivity index (χ1n) is 4.14. The monoisotopic (exact) mass is 267 g/mol. The van der Waals surface area contributed by atoms with Gasteiger partial charge in [0, 0.05) is 0 Å². The number of aromatic nitrogens is 1. The first-order chi connectivity index (χ1) is 7.81. The van der Waals surface area contributed by atoms with Gasteiger partial charge in [-0.25, -0.2) is 4.98 Å². The van der Waals surface area contributed by atoms with Crippen molar-refractivity contribution in [2.75, 3.05) is 0 Å². The normalized spacial score (nSPS) is 12.9. The standard InChI is InChI=1S/C8H4F3NO4S/c9-8(10,11)17(13,14)16-6-3-1-2-5-7(6)12-4-15-5/h1-4H. The third kappa shape index (κ3) is 2.05. The van der Waals surface area contributed by atoms with E-state index in [0.717, 1.165) is 12.5 Å². The molecule has 0 saturated carbocycles. The first kappa shape index (κ1) is 11.7. The van der Waals surface area contributed by atoms with Crippen LogP contribution in [-0.2, 0) is 10.1 Å². The van der Waals surface area contributed by atoms with Crippen LogP contribution in [-0.4, -0.2) is 18.9 Å². The van der Waals surface area contributed by atoms with Crippen LogP contribution in [0.25, 0.3) is 11.1 Å². The molecule has 0 aliphatic heterocycles. The summed E-state index contributed by atoms with van der Waals surface area (Å²) in [5.74, 6) is -0.534. The van der Waals surface area contributed by atoms with Gasteiger partial charge in [-0.3, -0.25) is 0 Å². The smallest absolute Gasteiger partial charge is 0.443 e. The zero-order chi connectivity index (χ0) is 12.7. The molecular formula is C8H4F3NO4S. The number of benzene rings is 1. The van der Waals surface area contributed by atoms with Gasteiger partial charge in [0.1, 0.15) is 0 Å². The summed E-state index contributed by atoms with van der Waals surface area (Å²) < 4.78 is 66.6. The van der Waals surface area contributed by atoms with Gasteiger partial charge in [-0.05, 0) is 12.1 Å². The highest BCUT2D eigenvalue weighted by Gasteiger charge is 2.48. The van der Waals surface area contributed by atoms with Crippen molar-refractivity contribution in [3.63, 3.8) is 0 Å². The van der Waals surface area contributed by atoms with Gasteiger partial charge >= 0.3 is 15.6 Å². The second kappa shape index (κ2) is 3.62. The predicted molar refractivity (Wildman–Crippen MR) is 49.6 cm³/mol. The molecule has 2 rings (SSSR count). The zero-order valence-electron chi connectivity index (χ0n) is 7.93. The third-order valence-corrected chi connectivity index (χ3v) is 2.77. The molecule has 5 nitrogen and oxygen atoms in total. The summed E-state index contributed by atoms with van der Waals surface area (Å²) in [5, 5.41) is 0. The van der Waals surface area contributed by atoms with Gasteiger partial charge < -0.3 is 8.60 Å². The Hall–Kier alpha value is -1.77. The maximum Gasteiger partial charge on any atom is 0.534 e. The van der Waals surface area contributed by atoms with Gasteiger partial charge in [0.05, 0.1) is 0 Å². The second-order valence-electron chi connectivity index (χ2n) is 2.94. The minimum atomic E-state index is -5.70. The lowest BCUT2D eigenvalue weighted by atomic mass is 10.3. The van der Waals surface area contributed by atoms with E-state index in [1.807, 2.05) is 0 Å². The van der Waals surface area contributed by atoms with Crippen LogP contribution in [0.3, 0.4) is 0 Å². The molecule has 0 unspecified atom stereocenters. The summed E-state index contributed by atoms with van der Waals surface area (Å²) >= 11 is 0. The lowest BCUT2D eigenvalue weighted by molar-refractivity contribution is -0.0499. The van der Waals surface area contributed by atoms with Gasteiger partial charge in [0.2, 0.25) is 0 Å². The number of halogens is 3. The molecule has 0 aliphatic rings. The van der Waals surface area contributed by atoms with Gasteiger partial charge in [-0.15, -0.1) is 0 Å². The molecule has 0 atom stereocenters. The molecule has 9 heteroatoms. The van der Waals surface area contributed by atoms with Crippen LogP contribution >= 0.6 is 0 Å². The van der Waals surface area contributed by atoms with E-state index >= 15 is 0 Å². The van der Waals surface area contributed by atoms with Crippen molar-refractivity contribution in [3.8, 4) is 5.75 Å². The Bertz CT molecular complexity index is 646. The molecule has 0 N–H and O–H groups in total. The van der Waals surface area contributed by atoms with Crippen molar-refractivity contribution >= 4 is 21.2 Å². The number of para-hydroxylation sites is 1. The van der Waals surface area contributed by atoms with Crippen LogP contribution in [0, 0.1) is 0 Å². The summed E-state index contributed by atoms with van der Waals surface area (Å²) in [6, 6.07) is 3.75. The summed E-state index contributed by atoms with van der Waals surface area (Å²) in [6.07, 6.45) is 0.970. The number of alkyl halides is 3. The molecule has 0 radical (unpaired) electrons. The van der Waals surface area contributed by atoms with E-state index in [4.69, 9.17) is 4.42 Å². The topological polar surface area (TPSA) is 69.4 Å². The molecule has 92 valence electrons. The summed E-state index contributed by atoms with van der Waals surface area (Å²) in [4.78, 5) is 3.56. The number of fused-ring (bicyclic) bond motifs is 1. The fourth-order valence-corrected chi connectivity index (χ4v) is 1.56. The van der Waals surface area contributed by atoms with Crippen molar-refractivity contribution in [2.24, 2.45) is 0 Å². The van der Waals surface area contributed by atoms with Gasteiger partial charge in [0.25, 0.3) is 0 Å². The van der Waals surface area contributed by atoms with Crippen molar-refractivity contribution in [3.05, 3.63) is 24.6 Å².